The Bertz CT molecular complexity index is 489. The predicted octanol–water partition coefficient (Wildman–Crippen LogP) is 3.06. The van der Waals surface area contributed by atoms with E-state index in [1.54, 1.807) is 6.07 Å². The van der Waals surface area contributed by atoms with E-state index in [0.29, 0.717) is 16.0 Å². The lowest BCUT2D eigenvalue weighted by molar-refractivity contribution is 0.280. The van der Waals surface area contributed by atoms with E-state index < -0.39 is 0 Å². The minimum atomic E-state index is 0.0994. The van der Waals surface area contributed by atoms with Crippen LogP contribution < -0.4 is 10.6 Å². The van der Waals surface area contributed by atoms with Crippen molar-refractivity contribution < 1.29 is 5.21 Å². The summed E-state index contributed by atoms with van der Waals surface area (Å²) in [4.78, 5) is 2.27. The molecular weight excluding hydrogens is 262 g/mol. The summed E-state index contributed by atoms with van der Waals surface area (Å²) in [5.41, 5.74) is 7.80. The maximum atomic E-state index is 8.89. The number of nitrogens with zero attached hydrogens (tertiary/aromatic N) is 2. The van der Waals surface area contributed by atoms with Gasteiger partial charge in [-0.15, -0.1) is 0 Å². The Balaban J connectivity index is 2.30. The zero-order valence-corrected chi connectivity index (χ0v) is 12.1. The van der Waals surface area contributed by atoms with E-state index in [4.69, 9.17) is 22.5 Å². The summed E-state index contributed by atoms with van der Waals surface area (Å²) >= 11 is 5.99. The molecule has 0 amide bonds. The SMILES string of the molecule is CC1(C)CCN(c2ccc(Cl)cc2/C(N)=N/O)CC1. The summed E-state index contributed by atoms with van der Waals surface area (Å²) in [6.07, 6.45) is 2.26. The van der Waals surface area contributed by atoms with Gasteiger partial charge in [0.1, 0.15) is 0 Å². The molecule has 0 aliphatic carbocycles. The smallest absolute Gasteiger partial charge is 0.172 e. The Labute approximate surface area is 118 Å². The molecule has 1 aliphatic rings. The van der Waals surface area contributed by atoms with E-state index in [-0.39, 0.29) is 5.84 Å². The topological polar surface area (TPSA) is 61.8 Å². The van der Waals surface area contributed by atoms with Gasteiger partial charge in [0.25, 0.3) is 0 Å². The van der Waals surface area contributed by atoms with Gasteiger partial charge in [-0.1, -0.05) is 30.6 Å². The van der Waals surface area contributed by atoms with Crippen molar-refractivity contribution in [3.63, 3.8) is 0 Å². The first-order valence-corrected chi connectivity index (χ1v) is 6.83. The number of rotatable bonds is 2. The number of amidine groups is 1. The third-order valence-corrected chi connectivity index (χ3v) is 4.04. The molecule has 0 unspecified atom stereocenters. The van der Waals surface area contributed by atoms with E-state index >= 15 is 0 Å². The summed E-state index contributed by atoms with van der Waals surface area (Å²) in [6, 6.07) is 5.52. The van der Waals surface area contributed by atoms with Crippen LogP contribution in [-0.2, 0) is 0 Å². The van der Waals surface area contributed by atoms with Gasteiger partial charge in [0.05, 0.1) is 0 Å². The van der Waals surface area contributed by atoms with Crippen molar-refractivity contribution in [3.8, 4) is 0 Å². The Morgan fingerprint density at radius 2 is 2.00 bits per heavy atom. The normalized spacial score (nSPS) is 19.5. The van der Waals surface area contributed by atoms with Crippen LogP contribution in [0.3, 0.4) is 0 Å². The van der Waals surface area contributed by atoms with Crippen molar-refractivity contribution in [3.05, 3.63) is 28.8 Å². The molecule has 1 aliphatic heterocycles. The summed E-state index contributed by atoms with van der Waals surface area (Å²) < 4.78 is 0. The number of hydrogen-bond donors (Lipinski definition) is 2. The molecule has 3 N–H and O–H groups in total. The average molecular weight is 282 g/mol. The van der Waals surface area contributed by atoms with E-state index in [9.17, 15) is 0 Å². The van der Waals surface area contributed by atoms with Crippen LogP contribution in [0.4, 0.5) is 5.69 Å². The molecule has 4 nitrogen and oxygen atoms in total. The number of benzene rings is 1. The fraction of sp³-hybridized carbons (Fsp3) is 0.500. The molecule has 0 radical (unpaired) electrons. The number of piperidine rings is 1. The molecule has 1 heterocycles. The van der Waals surface area contributed by atoms with Crippen LogP contribution in [0.1, 0.15) is 32.3 Å². The summed E-state index contributed by atoms with van der Waals surface area (Å²) in [5, 5.41) is 12.6. The maximum absolute atomic E-state index is 8.89. The van der Waals surface area contributed by atoms with Gasteiger partial charge >= 0.3 is 0 Å². The van der Waals surface area contributed by atoms with Gasteiger partial charge in [-0.05, 0) is 36.5 Å². The lowest BCUT2D eigenvalue weighted by Gasteiger charge is -2.38. The maximum Gasteiger partial charge on any atom is 0.172 e. The van der Waals surface area contributed by atoms with Crippen LogP contribution >= 0.6 is 11.6 Å². The van der Waals surface area contributed by atoms with Crippen molar-refractivity contribution in [2.75, 3.05) is 18.0 Å². The summed E-state index contributed by atoms with van der Waals surface area (Å²) in [7, 11) is 0. The molecule has 2 rings (SSSR count). The van der Waals surface area contributed by atoms with E-state index in [1.807, 2.05) is 12.1 Å². The van der Waals surface area contributed by atoms with Crippen LogP contribution in [0.2, 0.25) is 5.02 Å². The molecule has 5 heteroatoms. The highest BCUT2D eigenvalue weighted by Crippen LogP contribution is 2.34. The van der Waals surface area contributed by atoms with Gasteiger partial charge in [0, 0.05) is 29.4 Å². The quantitative estimate of drug-likeness (QED) is 0.379. The third-order valence-electron chi connectivity index (χ3n) is 3.80. The molecule has 1 aromatic carbocycles. The molecule has 0 atom stereocenters. The van der Waals surface area contributed by atoms with Crippen LogP contribution in [0.25, 0.3) is 0 Å². The lowest BCUT2D eigenvalue weighted by Crippen LogP contribution is -2.38. The molecule has 1 aromatic rings. The van der Waals surface area contributed by atoms with Crippen LogP contribution in [0.5, 0.6) is 0 Å². The second-order valence-corrected chi connectivity index (χ2v) is 6.23. The average Bonchev–Trinajstić information content (AvgIpc) is 2.38. The molecule has 104 valence electrons. The highest BCUT2D eigenvalue weighted by Gasteiger charge is 2.26. The highest BCUT2D eigenvalue weighted by atomic mass is 35.5. The standard InChI is InChI=1S/C14H20ClN3O/c1-14(2)5-7-18(8-6-14)12-4-3-10(15)9-11(12)13(16)17-19/h3-4,9,19H,5-8H2,1-2H3,(H2,16,17). The molecule has 0 aromatic heterocycles. The largest absolute Gasteiger partial charge is 0.409 e. The zero-order chi connectivity index (χ0) is 14.0. The Kier molecular flexibility index (Phi) is 3.90. The third kappa shape index (κ3) is 3.13. The summed E-state index contributed by atoms with van der Waals surface area (Å²) in [5.74, 6) is 0.0994. The van der Waals surface area contributed by atoms with Crippen molar-refractivity contribution in [1.82, 2.24) is 0 Å². The van der Waals surface area contributed by atoms with Gasteiger partial charge in [-0.2, -0.15) is 0 Å². The first-order chi connectivity index (χ1) is 8.93. The molecule has 0 saturated carbocycles. The van der Waals surface area contributed by atoms with Gasteiger partial charge in [0.2, 0.25) is 0 Å². The van der Waals surface area contributed by atoms with Gasteiger partial charge in [0.15, 0.2) is 5.84 Å². The van der Waals surface area contributed by atoms with E-state index in [2.05, 4.69) is 23.9 Å². The fourth-order valence-electron chi connectivity index (χ4n) is 2.40. The van der Waals surface area contributed by atoms with E-state index in [0.717, 1.165) is 31.6 Å². The number of halogens is 1. The zero-order valence-electron chi connectivity index (χ0n) is 11.4. The van der Waals surface area contributed by atoms with Crippen molar-refractivity contribution in [1.29, 1.82) is 0 Å². The minimum absolute atomic E-state index is 0.0994. The monoisotopic (exact) mass is 281 g/mol. The van der Waals surface area contributed by atoms with Crippen LogP contribution in [0, 0.1) is 5.41 Å². The van der Waals surface area contributed by atoms with Gasteiger partial charge in [-0.3, -0.25) is 0 Å². The minimum Gasteiger partial charge on any atom is -0.409 e. The highest BCUT2D eigenvalue weighted by molar-refractivity contribution is 6.31. The second-order valence-electron chi connectivity index (χ2n) is 5.80. The fourth-order valence-corrected chi connectivity index (χ4v) is 2.57. The van der Waals surface area contributed by atoms with Crippen molar-refractivity contribution in [2.45, 2.75) is 26.7 Å². The number of anilines is 1. The molecule has 0 bridgehead atoms. The molecule has 0 spiro atoms. The van der Waals surface area contributed by atoms with Crippen LogP contribution in [0.15, 0.2) is 23.4 Å². The van der Waals surface area contributed by atoms with Crippen LogP contribution in [-0.4, -0.2) is 24.1 Å². The molecule has 1 saturated heterocycles. The molecule has 1 fully saturated rings. The second kappa shape index (κ2) is 5.29. The Morgan fingerprint density at radius 1 is 1.37 bits per heavy atom. The predicted molar refractivity (Wildman–Crippen MR) is 79.2 cm³/mol. The van der Waals surface area contributed by atoms with E-state index in [1.165, 1.54) is 0 Å². The lowest BCUT2D eigenvalue weighted by atomic mass is 9.82. The molecular formula is C14H20ClN3O. The number of nitrogens with two attached hydrogens (primary N) is 1. The first-order valence-electron chi connectivity index (χ1n) is 6.45. The Morgan fingerprint density at radius 3 is 2.58 bits per heavy atom. The van der Waals surface area contributed by atoms with Crippen molar-refractivity contribution in [2.24, 2.45) is 16.3 Å². The Hall–Kier alpha value is -1.42. The molecule has 19 heavy (non-hydrogen) atoms. The van der Waals surface area contributed by atoms with Gasteiger partial charge < -0.3 is 15.8 Å². The van der Waals surface area contributed by atoms with Crippen molar-refractivity contribution >= 4 is 23.1 Å². The first kappa shape index (κ1) is 14.0. The number of hydrogen-bond acceptors (Lipinski definition) is 3. The number of oxime groups is 1. The summed E-state index contributed by atoms with van der Waals surface area (Å²) in [6.45, 7) is 6.52. The van der Waals surface area contributed by atoms with Gasteiger partial charge in [-0.25, -0.2) is 0 Å².